The molecule has 4 heteroatoms. The zero-order chi connectivity index (χ0) is 12.5. The number of rotatable bonds is 2. The molecule has 3 rings (SSSR count). The second-order valence-electron chi connectivity index (χ2n) is 4.10. The van der Waals surface area contributed by atoms with Gasteiger partial charge in [-0.05, 0) is 36.8 Å². The molecule has 0 aliphatic carbocycles. The number of halogens is 1. The lowest BCUT2D eigenvalue weighted by Gasteiger charge is -2.02. The van der Waals surface area contributed by atoms with Crippen LogP contribution in [0, 0.1) is 6.92 Å². The van der Waals surface area contributed by atoms with Crippen LogP contribution >= 0.6 is 22.9 Å². The van der Waals surface area contributed by atoms with Crippen LogP contribution in [-0.2, 0) is 0 Å². The van der Waals surface area contributed by atoms with Gasteiger partial charge in [0.15, 0.2) is 5.13 Å². The highest BCUT2D eigenvalue weighted by atomic mass is 35.5. The Morgan fingerprint density at radius 1 is 1.17 bits per heavy atom. The Balaban J connectivity index is 1.98. The molecule has 2 aromatic carbocycles. The maximum atomic E-state index is 6.14. The molecule has 0 atom stereocenters. The maximum Gasteiger partial charge on any atom is 0.188 e. The molecule has 1 N–H and O–H groups in total. The van der Waals surface area contributed by atoms with Gasteiger partial charge in [0.05, 0.1) is 15.2 Å². The van der Waals surface area contributed by atoms with Crippen LogP contribution in [0.3, 0.4) is 0 Å². The average Bonchev–Trinajstić information content (AvgIpc) is 2.73. The molecule has 0 bridgehead atoms. The highest BCUT2D eigenvalue weighted by Gasteiger charge is 2.06. The minimum atomic E-state index is 0.752. The largest absolute Gasteiger partial charge is 0.332 e. The van der Waals surface area contributed by atoms with Gasteiger partial charge in [0, 0.05) is 5.69 Å². The van der Waals surface area contributed by atoms with E-state index in [-0.39, 0.29) is 0 Å². The van der Waals surface area contributed by atoms with Gasteiger partial charge in [-0.3, -0.25) is 0 Å². The van der Waals surface area contributed by atoms with Crippen molar-refractivity contribution >= 4 is 44.0 Å². The van der Waals surface area contributed by atoms with E-state index in [1.54, 1.807) is 11.3 Å². The van der Waals surface area contributed by atoms with Gasteiger partial charge >= 0.3 is 0 Å². The molecule has 1 heterocycles. The van der Waals surface area contributed by atoms with Gasteiger partial charge in [-0.15, -0.1) is 0 Å². The second kappa shape index (κ2) is 4.59. The molecule has 0 fully saturated rings. The monoisotopic (exact) mass is 274 g/mol. The molecule has 2 nitrogen and oxygen atoms in total. The Morgan fingerprint density at radius 2 is 2.00 bits per heavy atom. The topological polar surface area (TPSA) is 24.9 Å². The summed E-state index contributed by atoms with van der Waals surface area (Å²) in [6.07, 6.45) is 0. The van der Waals surface area contributed by atoms with Crippen LogP contribution in [0.25, 0.3) is 10.2 Å². The predicted octanol–water partition coefficient (Wildman–Crippen LogP) is 5.00. The third-order valence-electron chi connectivity index (χ3n) is 2.64. The molecule has 0 saturated heterocycles. The van der Waals surface area contributed by atoms with E-state index in [4.69, 9.17) is 11.6 Å². The molecule has 0 saturated carbocycles. The number of thiazole rings is 1. The lowest BCUT2D eigenvalue weighted by Crippen LogP contribution is -1.88. The minimum absolute atomic E-state index is 0.752. The summed E-state index contributed by atoms with van der Waals surface area (Å²) in [5.74, 6) is 0. The van der Waals surface area contributed by atoms with Crippen LogP contribution in [0.2, 0.25) is 5.02 Å². The van der Waals surface area contributed by atoms with E-state index in [2.05, 4.69) is 29.4 Å². The SMILES string of the molecule is Cc1cccc(Nc2nc3cccc(Cl)c3s2)c1. The Morgan fingerprint density at radius 3 is 2.78 bits per heavy atom. The zero-order valence-electron chi connectivity index (χ0n) is 9.77. The number of hydrogen-bond acceptors (Lipinski definition) is 3. The lowest BCUT2D eigenvalue weighted by atomic mass is 10.2. The molecule has 0 amide bonds. The second-order valence-corrected chi connectivity index (χ2v) is 5.51. The Labute approximate surface area is 114 Å². The first-order chi connectivity index (χ1) is 8.72. The van der Waals surface area contributed by atoms with E-state index < -0.39 is 0 Å². The summed E-state index contributed by atoms with van der Waals surface area (Å²) in [5, 5.41) is 4.93. The summed E-state index contributed by atoms with van der Waals surface area (Å²) in [6.45, 7) is 2.07. The van der Waals surface area contributed by atoms with E-state index in [1.165, 1.54) is 5.56 Å². The highest BCUT2D eigenvalue weighted by Crippen LogP contribution is 2.33. The van der Waals surface area contributed by atoms with Crippen molar-refractivity contribution in [3.05, 3.63) is 53.1 Å². The van der Waals surface area contributed by atoms with Crippen molar-refractivity contribution in [3.8, 4) is 0 Å². The summed E-state index contributed by atoms with van der Waals surface area (Å²) >= 11 is 7.71. The van der Waals surface area contributed by atoms with Crippen molar-refractivity contribution in [1.82, 2.24) is 4.98 Å². The van der Waals surface area contributed by atoms with Crippen molar-refractivity contribution in [2.45, 2.75) is 6.92 Å². The normalized spacial score (nSPS) is 10.8. The summed E-state index contributed by atoms with van der Waals surface area (Å²) in [7, 11) is 0. The standard InChI is InChI=1S/C14H11ClN2S/c1-9-4-2-5-10(8-9)16-14-17-12-7-3-6-11(15)13(12)18-14/h2-8H,1H3,(H,16,17). The van der Waals surface area contributed by atoms with Crippen LogP contribution in [-0.4, -0.2) is 4.98 Å². The molecule has 90 valence electrons. The van der Waals surface area contributed by atoms with Crippen LogP contribution in [0.1, 0.15) is 5.56 Å². The molecular formula is C14H11ClN2S. The molecule has 0 aliphatic rings. The van der Waals surface area contributed by atoms with Crippen molar-refractivity contribution in [2.75, 3.05) is 5.32 Å². The summed E-state index contributed by atoms with van der Waals surface area (Å²) in [5.41, 5.74) is 3.20. The van der Waals surface area contributed by atoms with E-state index in [0.717, 1.165) is 26.1 Å². The number of anilines is 2. The van der Waals surface area contributed by atoms with E-state index in [1.807, 2.05) is 30.3 Å². The molecule has 18 heavy (non-hydrogen) atoms. The smallest absolute Gasteiger partial charge is 0.188 e. The van der Waals surface area contributed by atoms with Crippen LogP contribution in [0.15, 0.2) is 42.5 Å². The fourth-order valence-electron chi connectivity index (χ4n) is 1.82. The molecule has 1 aromatic heterocycles. The quantitative estimate of drug-likeness (QED) is 0.711. The zero-order valence-corrected chi connectivity index (χ0v) is 11.3. The van der Waals surface area contributed by atoms with Crippen molar-refractivity contribution in [3.63, 3.8) is 0 Å². The van der Waals surface area contributed by atoms with E-state index in [0.29, 0.717) is 0 Å². The maximum absolute atomic E-state index is 6.14. The Kier molecular flexibility index (Phi) is 2.94. The minimum Gasteiger partial charge on any atom is -0.332 e. The van der Waals surface area contributed by atoms with Gasteiger partial charge < -0.3 is 5.32 Å². The molecule has 0 spiro atoms. The van der Waals surface area contributed by atoms with Crippen molar-refractivity contribution in [1.29, 1.82) is 0 Å². The number of fused-ring (bicyclic) bond motifs is 1. The number of aryl methyl sites for hydroxylation is 1. The Bertz CT molecular complexity index is 706. The molecule has 0 radical (unpaired) electrons. The number of nitrogens with one attached hydrogen (secondary N) is 1. The number of nitrogens with zero attached hydrogens (tertiary/aromatic N) is 1. The fraction of sp³-hybridized carbons (Fsp3) is 0.0714. The molecule has 0 aliphatic heterocycles. The van der Waals surface area contributed by atoms with Gasteiger partial charge in [-0.1, -0.05) is 41.1 Å². The summed E-state index contributed by atoms with van der Waals surface area (Å²) in [6, 6.07) is 14.0. The lowest BCUT2D eigenvalue weighted by molar-refractivity contribution is 1.41. The van der Waals surface area contributed by atoms with Crippen LogP contribution in [0.4, 0.5) is 10.8 Å². The van der Waals surface area contributed by atoms with Gasteiger partial charge in [0.2, 0.25) is 0 Å². The van der Waals surface area contributed by atoms with Crippen LogP contribution < -0.4 is 5.32 Å². The molecule has 3 aromatic rings. The Hall–Kier alpha value is -1.58. The van der Waals surface area contributed by atoms with Crippen molar-refractivity contribution < 1.29 is 0 Å². The fourth-order valence-corrected chi connectivity index (χ4v) is 2.99. The predicted molar refractivity (Wildman–Crippen MR) is 79.1 cm³/mol. The first-order valence-corrected chi connectivity index (χ1v) is 6.80. The van der Waals surface area contributed by atoms with Gasteiger partial charge in [-0.25, -0.2) is 4.98 Å². The highest BCUT2D eigenvalue weighted by molar-refractivity contribution is 7.22. The third kappa shape index (κ3) is 2.19. The van der Waals surface area contributed by atoms with Crippen LogP contribution in [0.5, 0.6) is 0 Å². The first kappa shape index (κ1) is 11.5. The summed E-state index contributed by atoms with van der Waals surface area (Å²) < 4.78 is 1.02. The summed E-state index contributed by atoms with van der Waals surface area (Å²) in [4.78, 5) is 4.52. The molecular weight excluding hydrogens is 264 g/mol. The van der Waals surface area contributed by atoms with E-state index >= 15 is 0 Å². The van der Waals surface area contributed by atoms with Gasteiger partial charge in [-0.2, -0.15) is 0 Å². The first-order valence-electron chi connectivity index (χ1n) is 5.61. The van der Waals surface area contributed by atoms with Gasteiger partial charge in [0.1, 0.15) is 0 Å². The molecule has 0 unspecified atom stereocenters. The number of hydrogen-bond donors (Lipinski definition) is 1. The van der Waals surface area contributed by atoms with Gasteiger partial charge in [0.25, 0.3) is 0 Å². The van der Waals surface area contributed by atoms with Crippen molar-refractivity contribution in [2.24, 2.45) is 0 Å². The van der Waals surface area contributed by atoms with E-state index in [9.17, 15) is 0 Å². The third-order valence-corrected chi connectivity index (χ3v) is 4.08. The average molecular weight is 275 g/mol. The number of benzene rings is 2. The number of aromatic nitrogens is 1.